The monoisotopic (exact) mass is 286 g/mol. The summed E-state index contributed by atoms with van der Waals surface area (Å²) < 4.78 is 26.6. The summed E-state index contributed by atoms with van der Waals surface area (Å²) in [5, 5.41) is 16.9. The molecule has 2 fully saturated rings. The van der Waals surface area contributed by atoms with Crippen molar-refractivity contribution in [1.82, 2.24) is 4.31 Å². The van der Waals surface area contributed by atoms with E-state index in [-0.39, 0.29) is 19.0 Å². The van der Waals surface area contributed by atoms with Crippen LogP contribution in [0.4, 0.5) is 0 Å². The first-order chi connectivity index (χ1) is 8.98. The fourth-order valence-corrected chi connectivity index (χ4v) is 5.23. The molecule has 0 bridgehead atoms. The highest BCUT2D eigenvalue weighted by atomic mass is 32.2. The normalized spacial score (nSPS) is 27.4. The van der Waals surface area contributed by atoms with Crippen LogP contribution in [0.15, 0.2) is 0 Å². The molecule has 0 aromatic carbocycles. The molecule has 0 heterocycles. The van der Waals surface area contributed by atoms with Gasteiger partial charge in [0, 0.05) is 19.0 Å². The molecule has 6 nitrogen and oxygen atoms in total. The Kier molecular flexibility index (Phi) is 4.11. The van der Waals surface area contributed by atoms with Crippen LogP contribution in [0, 0.1) is 17.2 Å². The van der Waals surface area contributed by atoms with Crippen molar-refractivity contribution in [2.75, 3.05) is 6.54 Å². The van der Waals surface area contributed by atoms with Gasteiger partial charge in [0.1, 0.15) is 0 Å². The Balaban J connectivity index is 2.19. The lowest BCUT2D eigenvalue weighted by atomic mass is 10.1. The molecule has 2 atom stereocenters. The van der Waals surface area contributed by atoms with Crippen molar-refractivity contribution in [2.24, 2.45) is 5.92 Å². The Morgan fingerprint density at radius 2 is 2.00 bits per heavy atom. The molecular formula is C12H18N2O4S. The number of rotatable bonds is 6. The first kappa shape index (κ1) is 14.3. The summed E-state index contributed by atoms with van der Waals surface area (Å²) in [7, 11) is -3.60. The number of hydrogen-bond donors (Lipinski definition) is 1. The molecule has 0 amide bonds. The number of carbonyl (C=O) groups is 1. The van der Waals surface area contributed by atoms with E-state index in [9.17, 15) is 13.2 Å². The summed E-state index contributed by atoms with van der Waals surface area (Å²) in [5.41, 5.74) is 0. The SMILES string of the molecule is N#CCCN(C1CC1)S(=O)(=O)C1CCCC1C(=O)O. The fourth-order valence-electron chi connectivity index (χ4n) is 2.78. The Morgan fingerprint density at radius 1 is 1.32 bits per heavy atom. The Hall–Kier alpha value is -1.13. The molecule has 0 aromatic heterocycles. The predicted molar refractivity (Wildman–Crippen MR) is 67.6 cm³/mol. The molecule has 0 saturated heterocycles. The molecule has 0 aromatic rings. The lowest BCUT2D eigenvalue weighted by molar-refractivity contribution is -0.141. The fraction of sp³-hybridized carbons (Fsp3) is 0.833. The van der Waals surface area contributed by atoms with E-state index < -0.39 is 27.2 Å². The first-order valence-corrected chi connectivity index (χ1v) is 8.09. The van der Waals surface area contributed by atoms with E-state index in [1.54, 1.807) is 0 Å². The van der Waals surface area contributed by atoms with Crippen LogP contribution >= 0.6 is 0 Å². The van der Waals surface area contributed by atoms with Crippen LogP contribution in [-0.2, 0) is 14.8 Å². The Morgan fingerprint density at radius 3 is 2.53 bits per heavy atom. The summed E-state index contributed by atoms with van der Waals surface area (Å²) in [5.74, 6) is -1.82. The van der Waals surface area contributed by atoms with Gasteiger partial charge in [0.2, 0.25) is 10.0 Å². The minimum Gasteiger partial charge on any atom is -0.481 e. The first-order valence-electron chi connectivity index (χ1n) is 6.59. The summed E-state index contributed by atoms with van der Waals surface area (Å²) >= 11 is 0. The molecule has 2 unspecified atom stereocenters. The summed E-state index contributed by atoms with van der Waals surface area (Å²) in [4.78, 5) is 11.1. The van der Waals surface area contributed by atoms with Crippen LogP contribution in [-0.4, -0.2) is 41.6 Å². The van der Waals surface area contributed by atoms with Gasteiger partial charge in [0.15, 0.2) is 0 Å². The third-order valence-electron chi connectivity index (χ3n) is 3.88. The molecule has 7 heteroatoms. The molecule has 1 N–H and O–H groups in total. The van der Waals surface area contributed by atoms with Crippen LogP contribution in [0.5, 0.6) is 0 Å². The zero-order valence-electron chi connectivity index (χ0n) is 10.7. The number of carboxylic acid groups (broad SMARTS) is 1. The maximum Gasteiger partial charge on any atom is 0.307 e. The molecule has 2 saturated carbocycles. The lowest BCUT2D eigenvalue weighted by Gasteiger charge is -2.26. The van der Waals surface area contributed by atoms with Crippen LogP contribution in [0.25, 0.3) is 0 Å². The van der Waals surface area contributed by atoms with Crippen molar-refractivity contribution >= 4 is 16.0 Å². The zero-order chi connectivity index (χ0) is 14.0. The van der Waals surface area contributed by atoms with Gasteiger partial charge in [0.25, 0.3) is 0 Å². The molecule has 0 radical (unpaired) electrons. The van der Waals surface area contributed by atoms with Gasteiger partial charge in [-0.15, -0.1) is 0 Å². The third kappa shape index (κ3) is 2.90. The van der Waals surface area contributed by atoms with Crippen molar-refractivity contribution < 1.29 is 18.3 Å². The molecule has 19 heavy (non-hydrogen) atoms. The van der Waals surface area contributed by atoms with Crippen molar-refractivity contribution in [3.05, 3.63) is 0 Å². The van der Waals surface area contributed by atoms with Gasteiger partial charge < -0.3 is 5.11 Å². The quantitative estimate of drug-likeness (QED) is 0.783. The Labute approximate surface area is 113 Å². The van der Waals surface area contributed by atoms with Gasteiger partial charge in [-0.1, -0.05) is 6.42 Å². The topological polar surface area (TPSA) is 98.5 Å². The molecule has 0 aliphatic heterocycles. The average Bonchev–Trinajstić information content (AvgIpc) is 3.04. The van der Waals surface area contributed by atoms with E-state index in [4.69, 9.17) is 10.4 Å². The van der Waals surface area contributed by atoms with E-state index in [2.05, 4.69) is 0 Å². The van der Waals surface area contributed by atoms with Gasteiger partial charge >= 0.3 is 5.97 Å². The van der Waals surface area contributed by atoms with Crippen molar-refractivity contribution in [3.8, 4) is 6.07 Å². The molecular weight excluding hydrogens is 268 g/mol. The predicted octanol–water partition coefficient (Wildman–Crippen LogP) is 0.948. The van der Waals surface area contributed by atoms with Crippen LogP contribution in [0.2, 0.25) is 0 Å². The highest BCUT2D eigenvalue weighted by Crippen LogP contribution is 2.37. The highest BCUT2D eigenvalue weighted by Gasteiger charge is 2.47. The van der Waals surface area contributed by atoms with E-state index in [0.717, 1.165) is 12.8 Å². The van der Waals surface area contributed by atoms with Crippen LogP contribution < -0.4 is 0 Å². The van der Waals surface area contributed by atoms with Gasteiger partial charge in [-0.3, -0.25) is 4.79 Å². The van der Waals surface area contributed by atoms with E-state index in [1.807, 2.05) is 6.07 Å². The highest BCUT2D eigenvalue weighted by molar-refractivity contribution is 7.89. The van der Waals surface area contributed by atoms with E-state index in [0.29, 0.717) is 19.3 Å². The minimum atomic E-state index is -3.60. The second-order valence-electron chi connectivity index (χ2n) is 5.21. The number of aliphatic carboxylic acids is 1. The largest absolute Gasteiger partial charge is 0.481 e. The molecule has 106 valence electrons. The summed E-state index contributed by atoms with van der Waals surface area (Å²) in [6.07, 6.45) is 3.26. The Bertz CT molecular complexity index is 492. The van der Waals surface area contributed by atoms with Crippen molar-refractivity contribution in [3.63, 3.8) is 0 Å². The number of nitriles is 1. The van der Waals surface area contributed by atoms with Gasteiger partial charge in [-0.25, -0.2) is 8.42 Å². The maximum atomic E-state index is 12.6. The molecule has 0 spiro atoms. The average molecular weight is 286 g/mol. The van der Waals surface area contributed by atoms with E-state index in [1.165, 1.54) is 4.31 Å². The van der Waals surface area contributed by atoms with Crippen molar-refractivity contribution in [2.45, 2.75) is 49.8 Å². The number of nitrogens with zero attached hydrogens (tertiary/aromatic N) is 2. The minimum absolute atomic E-state index is 0.0200. The maximum absolute atomic E-state index is 12.6. The van der Waals surface area contributed by atoms with Gasteiger partial charge in [-0.2, -0.15) is 9.57 Å². The number of carboxylic acids is 1. The van der Waals surface area contributed by atoms with Crippen LogP contribution in [0.1, 0.15) is 38.5 Å². The zero-order valence-corrected chi connectivity index (χ0v) is 11.5. The molecule has 2 aliphatic rings. The molecule has 2 rings (SSSR count). The van der Waals surface area contributed by atoms with Gasteiger partial charge in [-0.05, 0) is 25.7 Å². The van der Waals surface area contributed by atoms with Crippen molar-refractivity contribution in [1.29, 1.82) is 5.26 Å². The van der Waals surface area contributed by atoms with E-state index >= 15 is 0 Å². The third-order valence-corrected chi connectivity index (χ3v) is 6.34. The lowest BCUT2D eigenvalue weighted by Crippen LogP contribution is -2.43. The number of sulfonamides is 1. The molecule has 2 aliphatic carbocycles. The number of hydrogen-bond acceptors (Lipinski definition) is 4. The standard InChI is InChI=1S/C12H18N2O4S/c13-7-2-8-14(9-5-6-9)19(17,18)11-4-1-3-10(11)12(15)16/h9-11H,1-6,8H2,(H,15,16). The second-order valence-corrected chi connectivity index (χ2v) is 7.31. The van der Waals surface area contributed by atoms with Gasteiger partial charge in [0.05, 0.1) is 17.2 Å². The summed E-state index contributed by atoms with van der Waals surface area (Å²) in [6.45, 7) is 0.187. The smallest absolute Gasteiger partial charge is 0.307 e. The second kappa shape index (κ2) is 5.47. The van der Waals surface area contributed by atoms with Crippen LogP contribution in [0.3, 0.4) is 0 Å². The summed E-state index contributed by atoms with van der Waals surface area (Å²) in [6, 6.07) is 1.94.